The highest BCUT2D eigenvalue weighted by molar-refractivity contribution is 6.39. The molecule has 7 nitrogen and oxygen atoms in total. The zero-order chi connectivity index (χ0) is 27.7. The Morgan fingerprint density at radius 1 is 1.08 bits per heavy atom. The Morgan fingerprint density at radius 3 is 2.50 bits per heavy atom. The Hall–Kier alpha value is -3.66. The fourth-order valence-corrected chi connectivity index (χ4v) is 4.36. The highest BCUT2D eigenvalue weighted by Crippen LogP contribution is 2.36. The number of halogens is 5. The third kappa shape index (κ3) is 5.75. The van der Waals surface area contributed by atoms with E-state index in [4.69, 9.17) is 34.8 Å². The molecule has 1 aromatic heterocycles. The fourth-order valence-electron chi connectivity index (χ4n) is 3.61. The summed E-state index contributed by atoms with van der Waals surface area (Å²) in [6.45, 7) is 5.32. The predicted molar refractivity (Wildman–Crippen MR) is 146 cm³/mol. The summed E-state index contributed by atoms with van der Waals surface area (Å²) in [7, 11) is 1.64. The third-order valence-electron chi connectivity index (χ3n) is 5.57. The largest absolute Gasteiger partial charge is 0.348 e. The van der Waals surface area contributed by atoms with Crippen LogP contribution < -0.4 is 16.0 Å². The van der Waals surface area contributed by atoms with E-state index in [0.717, 1.165) is 18.2 Å². The first kappa shape index (κ1) is 27.4. The molecule has 0 radical (unpaired) electrons. The molecule has 0 aliphatic rings. The summed E-state index contributed by atoms with van der Waals surface area (Å²) in [5, 5.41) is 8.81. The molecular formula is C26H20Cl3F2N5O2. The summed E-state index contributed by atoms with van der Waals surface area (Å²) in [5.74, 6) is -2.31. The van der Waals surface area contributed by atoms with Gasteiger partial charge in [0, 0.05) is 35.9 Å². The van der Waals surface area contributed by atoms with Crippen LogP contribution in [-0.4, -0.2) is 21.4 Å². The van der Waals surface area contributed by atoms with Crippen molar-refractivity contribution < 1.29 is 18.4 Å². The molecule has 0 saturated heterocycles. The van der Waals surface area contributed by atoms with Crippen molar-refractivity contribution in [1.29, 1.82) is 0 Å². The summed E-state index contributed by atoms with van der Waals surface area (Å²) in [6.07, 6.45) is 0. The van der Waals surface area contributed by atoms with Crippen molar-refractivity contribution in [2.75, 3.05) is 10.6 Å². The second-order valence-corrected chi connectivity index (χ2v) is 9.63. The maximum absolute atomic E-state index is 14.9. The number of amides is 2. The molecule has 196 valence electrons. The minimum absolute atomic E-state index is 0.0754. The second-order valence-electron chi connectivity index (χ2n) is 8.41. The first-order chi connectivity index (χ1) is 17.9. The SMILES string of the molecule is C=C(C)C(=O)NCc1ccc(Cl)c(Nc2nc3cc(C(=O)Nc4cc(F)cc(Cl)c4)c(F)cc3n2C)c1Cl. The van der Waals surface area contributed by atoms with Gasteiger partial charge in [-0.05, 0) is 42.8 Å². The summed E-state index contributed by atoms with van der Waals surface area (Å²) in [5.41, 5.74) is 1.74. The molecule has 12 heteroatoms. The number of hydrogen-bond acceptors (Lipinski definition) is 4. The van der Waals surface area contributed by atoms with Crippen molar-refractivity contribution >= 4 is 75.0 Å². The van der Waals surface area contributed by atoms with Gasteiger partial charge in [0.15, 0.2) is 0 Å². The molecule has 0 saturated carbocycles. The first-order valence-electron chi connectivity index (χ1n) is 11.1. The lowest BCUT2D eigenvalue weighted by atomic mass is 10.1. The van der Waals surface area contributed by atoms with Gasteiger partial charge in [-0.1, -0.05) is 47.4 Å². The number of nitrogens with zero attached hydrogens (tertiary/aromatic N) is 2. The van der Waals surface area contributed by atoms with Crippen LogP contribution in [0.2, 0.25) is 15.1 Å². The van der Waals surface area contributed by atoms with E-state index < -0.39 is 17.5 Å². The number of anilines is 3. The molecule has 0 fully saturated rings. The van der Waals surface area contributed by atoms with E-state index in [2.05, 4.69) is 27.5 Å². The van der Waals surface area contributed by atoms with Crippen molar-refractivity contribution in [3.8, 4) is 0 Å². The quantitative estimate of drug-likeness (QED) is 0.206. The number of carbonyl (C=O) groups excluding carboxylic acids is 2. The standard InChI is InChI=1S/C26H20Cl3F2N5O2/c1-12(2)24(37)32-11-13-4-5-18(28)23(22(13)29)35-26-34-20-9-17(19(31)10-21(20)36(26)3)25(38)33-16-7-14(27)6-15(30)8-16/h4-10H,1,11H2,2-3H3,(H,32,37)(H,33,38)(H,34,35). The van der Waals surface area contributed by atoms with Crippen molar-refractivity contribution in [3.05, 3.63) is 92.4 Å². The van der Waals surface area contributed by atoms with Gasteiger partial charge in [-0.3, -0.25) is 9.59 Å². The summed E-state index contributed by atoms with van der Waals surface area (Å²) < 4.78 is 30.1. The van der Waals surface area contributed by atoms with Crippen LogP contribution in [0.1, 0.15) is 22.8 Å². The molecule has 4 aromatic rings. The number of imidazole rings is 1. The summed E-state index contributed by atoms with van der Waals surface area (Å²) in [4.78, 5) is 29.0. The van der Waals surface area contributed by atoms with E-state index in [0.29, 0.717) is 27.9 Å². The van der Waals surface area contributed by atoms with Crippen LogP contribution in [0.3, 0.4) is 0 Å². The van der Waals surface area contributed by atoms with E-state index in [1.54, 1.807) is 30.7 Å². The van der Waals surface area contributed by atoms with Gasteiger partial charge in [0.05, 0.1) is 32.3 Å². The lowest BCUT2D eigenvalue weighted by Gasteiger charge is -2.14. The molecule has 0 unspecified atom stereocenters. The number of aryl methyl sites for hydroxylation is 1. The van der Waals surface area contributed by atoms with Gasteiger partial charge in [-0.25, -0.2) is 13.8 Å². The minimum atomic E-state index is -0.807. The predicted octanol–water partition coefficient (Wildman–Crippen LogP) is 7.00. The number of fused-ring (bicyclic) bond motifs is 1. The Morgan fingerprint density at radius 2 is 1.82 bits per heavy atom. The van der Waals surface area contributed by atoms with Crippen molar-refractivity contribution in [1.82, 2.24) is 14.9 Å². The van der Waals surface area contributed by atoms with Gasteiger partial charge < -0.3 is 20.5 Å². The van der Waals surface area contributed by atoms with Crippen LogP contribution in [0.25, 0.3) is 11.0 Å². The van der Waals surface area contributed by atoms with Crippen molar-refractivity contribution in [2.45, 2.75) is 13.5 Å². The van der Waals surface area contributed by atoms with E-state index in [1.807, 2.05) is 0 Å². The average Bonchev–Trinajstić information content (AvgIpc) is 3.13. The van der Waals surface area contributed by atoms with Crippen LogP contribution in [0, 0.1) is 11.6 Å². The van der Waals surface area contributed by atoms with E-state index in [1.165, 1.54) is 12.1 Å². The van der Waals surface area contributed by atoms with E-state index >= 15 is 0 Å². The second kappa shape index (κ2) is 11.0. The molecule has 0 aliphatic heterocycles. The van der Waals surface area contributed by atoms with Gasteiger partial charge >= 0.3 is 0 Å². The molecule has 0 atom stereocenters. The zero-order valence-electron chi connectivity index (χ0n) is 20.1. The van der Waals surface area contributed by atoms with Crippen molar-refractivity contribution in [2.24, 2.45) is 7.05 Å². The number of nitrogens with one attached hydrogen (secondary N) is 3. The lowest BCUT2D eigenvalue weighted by molar-refractivity contribution is -0.117. The van der Waals surface area contributed by atoms with Crippen molar-refractivity contribution in [3.63, 3.8) is 0 Å². The lowest BCUT2D eigenvalue weighted by Crippen LogP contribution is -2.23. The smallest absolute Gasteiger partial charge is 0.258 e. The molecule has 3 N–H and O–H groups in total. The maximum Gasteiger partial charge on any atom is 0.258 e. The molecule has 4 rings (SSSR count). The third-order valence-corrected chi connectivity index (χ3v) is 6.53. The van der Waals surface area contributed by atoms with E-state index in [-0.39, 0.29) is 44.7 Å². The Kier molecular flexibility index (Phi) is 7.91. The minimum Gasteiger partial charge on any atom is -0.348 e. The normalized spacial score (nSPS) is 10.9. The highest BCUT2D eigenvalue weighted by Gasteiger charge is 2.19. The zero-order valence-corrected chi connectivity index (χ0v) is 22.3. The van der Waals surface area contributed by atoms with Gasteiger partial charge in [-0.15, -0.1) is 0 Å². The molecule has 2 amide bonds. The number of rotatable bonds is 7. The average molecular weight is 579 g/mol. The van der Waals surface area contributed by atoms with Gasteiger partial charge in [0.2, 0.25) is 11.9 Å². The topological polar surface area (TPSA) is 88.1 Å². The van der Waals surface area contributed by atoms with Crippen LogP contribution in [0.5, 0.6) is 0 Å². The Bertz CT molecular complexity index is 1600. The van der Waals surface area contributed by atoms with Gasteiger partial charge in [-0.2, -0.15) is 0 Å². The first-order valence-corrected chi connectivity index (χ1v) is 12.2. The van der Waals surface area contributed by atoms with Gasteiger partial charge in [0.1, 0.15) is 11.6 Å². The fraction of sp³-hybridized carbons (Fsp3) is 0.115. The molecule has 0 bridgehead atoms. The number of hydrogen-bond donors (Lipinski definition) is 3. The van der Waals surface area contributed by atoms with Crippen LogP contribution in [-0.2, 0) is 18.4 Å². The van der Waals surface area contributed by atoms with Gasteiger partial charge in [0.25, 0.3) is 5.91 Å². The maximum atomic E-state index is 14.9. The van der Waals surface area contributed by atoms with Crippen LogP contribution in [0.4, 0.5) is 26.1 Å². The molecule has 0 aliphatic carbocycles. The summed E-state index contributed by atoms with van der Waals surface area (Å²) in [6, 6.07) is 9.21. The van der Waals surface area contributed by atoms with Crippen LogP contribution in [0.15, 0.2) is 54.6 Å². The molecule has 3 aromatic carbocycles. The summed E-state index contributed by atoms with van der Waals surface area (Å²) >= 11 is 18.8. The number of carbonyl (C=O) groups is 2. The van der Waals surface area contributed by atoms with E-state index in [9.17, 15) is 18.4 Å². The highest BCUT2D eigenvalue weighted by atomic mass is 35.5. The monoisotopic (exact) mass is 577 g/mol. The molecule has 0 spiro atoms. The molecular weight excluding hydrogens is 559 g/mol. The van der Waals surface area contributed by atoms with Crippen LogP contribution >= 0.6 is 34.8 Å². The molecule has 1 heterocycles. The number of aromatic nitrogens is 2. The molecule has 38 heavy (non-hydrogen) atoms. The Labute approximate surface area is 231 Å². The number of benzene rings is 3. The Balaban J connectivity index is 1.63.